The van der Waals surface area contributed by atoms with Crippen LogP contribution in [0.25, 0.3) is 0 Å². The van der Waals surface area contributed by atoms with Crippen molar-refractivity contribution >= 4 is 5.78 Å². The Morgan fingerprint density at radius 1 is 1.25 bits per heavy atom. The molecule has 2 atom stereocenters. The van der Waals surface area contributed by atoms with Gasteiger partial charge >= 0.3 is 6.18 Å². The summed E-state index contributed by atoms with van der Waals surface area (Å²) in [4.78, 5) is 11.7. The zero-order chi connectivity index (χ0) is 12.2. The lowest BCUT2D eigenvalue weighted by Gasteiger charge is -2.32. The smallest absolute Gasteiger partial charge is 0.299 e. The van der Waals surface area contributed by atoms with E-state index in [4.69, 9.17) is 0 Å². The molecule has 0 aromatic rings. The number of hydrogen-bond acceptors (Lipinski definition) is 1. The van der Waals surface area contributed by atoms with Crippen LogP contribution in [0.3, 0.4) is 0 Å². The molecule has 0 bridgehead atoms. The third-order valence-corrected chi connectivity index (χ3v) is 3.38. The molecule has 1 aliphatic carbocycles. The molecule has 0 radical (unpaired) electrons. The van der Waals surface area contributed by atoms with Gasteiger partial charge in [0.05, 0.1) is 5.92 Å². The van der Waals surface area contributed by atoms with E-state index in [1.807, 2.05) is 6.92 Å². The molecular weight excluding hydrogens is 217 g/mol. The van der Waals surface area contributed by atoms with Gasteiger partial charge in [0.1, 0.15) is 5.78 Å². The fourth-order valence-corrected chi connectivity index (χ4v) is 2.44. The van der Waals surface area contributed by atoms with Crippen molar-refractivity contribution < 1.29 is 18.0 Å². The molecule has 0 spiro atoms. The first-order valence-electron chi connectivity index (χ1n) is 6.06. The zero-order valence-electron chi connectivity index (χ0n) is 9.65. The summed E-state index contributed by atoms with van der Waals surface area (Å²) in [5, 5.41) is 0. The van der Waals surface area contributed by atoms with E-state index in [0.29, 0.717) is 25.7 Å². The van der Waals surface area contributed by atoms with Crippen molar-refractivity contribution in [3.05, 3.63) is 0 Å². The van der Waals surface area contributed by atoms with Crippen LogP contribution in [0.15, 0.2) is 0 Å². The highest BCUT2D eigenvalue weighted by Crippen LogP contribution is 2.42. The second kappa shape index (κ2) is 5.69. The van der Waals surface area contributed by atoms with Crippen LogP contribution < -0.4 is 0 Å². The molecule has 0 saturated heterocycles. The van der Waals surface area contributed by atoms with Gasteiger partial charge in [-0.2, -0.15) is 13.2 Å². The van der Waals surface area contributed by atoms with Gasteiger partial charge in [-0.05, 0) is 19.3 Å². The minimum Gasteiger partial charge on any atom is -0.299 e. The van der Waals surface area contributed by atoms with Crippen LogP contribution >= 0.6 is 0 Å². The van der Waals surface area contributed by atoms with E-state index in [2.05, 4.69) is 0 Å². The Kier molecular flexibility index (Phi) is 4.81. The second-order valence-electron chi connectivity index (χ2n) is 4.61. The number of carbonyl (C=O) groups is 1. The number of carbonyl (C=O) groups excluding carboxylic acids is 1. The van der Waals surface area contributed by atoms with Crippen molar-refractivity contribution in [1.82, 2.24) is 0 Å². The van der Waals surface area contributed by atoms with Gasteiger partial charge in [0, 0.05) is 12.3 Å². The van der Waals surface area contributed by atoms with Crippen LogP contribution in [0.4, 0.5) is 13.2 Å². The molecular formula is C12H19F3O. The van der Waals surface area contributed by atoms with E-state index in [-0.39, 0.29) is 12.2 Å². The molecule has 16 heavy (non-hydrogen) atoms. The van der Waals surface area contributed by atoms with Gasteiger partial charge in [0.15, 0.2) is 0 Å². The Labute approximate surface area is 94.4 Å². The molecule has 1 saturated carbocycles. The Balaban J connectivity index is 2.63. The Morgan fingerprint density at radius 2 is 1.88 bits per heavy atom. The molecule has 1 rings (SSSR count). The van der Waals surface area contributed by atoms with Crippen molar-refractivity contribution in [2.75, 3.05) is 0 Å². The van der Waals surface area contributed by atoms with Crippen LogP contribution in [0, 0.1) is 11.8 Å². The van der Waals surface area contributed by atoms with Crippen molar-refractivity contribution in [3.63, 3.8) is 0 Å². The predicted molar refractivity (Wildman–Crippen MR) is 56.0 cm³/mol. The molecule has 0 aromatic carbocycles. The van der Waals surface area contributed by atoms with Gasteiger partial charge in [-0.25, -0.2) is 0 Å². The Bertz CT molecular complexity index is 235. The third-order valence-electron chi connectivity index (χ3n) is 3.38. The zero-order valence-corrected chi connectivity index (χ0v) is 9.65. The highest BCUT2D eigenvalue weighted by Gasteiger charge is 2.47. The summed E-state index contributed by atoms with van der Waals surface area (Å²) in [6.07, 6.45) is -0.411. The first-order valence-corrected chi connectivity index (χ1v) is 6.06. The normalized spacial score (nSPS) is 26.8. The lowest BCUT2D eigenvalue weighted by Crippen LogP contribution is -2.37. The molecule has 1 fully saturated rings. The molecule has 2 unspecified atom stereocenters. The van der Waals surface area contributed by atoms with Gasteiger partial charge in [-0.1, -0.05) is 26.2 Å². The molecule has 4 heteroatoms. The van der Waals surface area contributed by atoms with Gasteiger partial charge in [0.2, 0.25) is 0 Å². The quantitative estimate of drug-likeness (QED) is 0.717. The summed E-state index contributed by atoms with van der Waals surface area (Å²) < 4.78 is 38.2. The lowest BCUT2D eigenvalue weighted by atomic mass is 9.75. The third kappa shape index (κ3) is 3.49. The van der Waals surface area contributed by atoms with E-state index >= 15 is 0 Å². The minimum atomic E-state index is -4.20. The molecule has 94 valence electrons. The molecule has 0 N–H and O–H groups in total. The van der Waals surface area contributed by atoms with E-state index in [9.17, 15) is 18.0 Å². The summed E-state index contributed by atoms with van der Waals surface area (Å²) >= 11 is 0. The summed E-state index contributed by atoms with van der Waals surface area (Å²) in [6.45, 7) is 1.94. The van der Waals surface area contributed by atoms with E-state index in [1.165, 1.54) is 0 Å². The van der Waals surface area contributed by atoms with Crippen molar-refractivity contribution in [2.24, 2.45) is 11.8 Å². The summed E-state index contributed by atoms with van der Waals surface area (Å²) in [5.41, 5.74) is 0. The number of unbranched alkanes of at least 4 members (excludes halogenated alkanes) is 1. The van der Waals surface area contributed by atoms with E-state index < -0.39 is 18.0 Å². The van der Waals surface area contributed by atoms with E-state index in [1.54, 1.807) is 0 Å². The highest BCUT2D eigenvalue weighted by molar-refractivity contribution is 5.81. The molecule has 0 aliphatic heterocycles. The van der Waals surface area contributed by atoms with Crippen LogP contribution in [-0.2, 0) is 4.79 Å². The molecule has 0 aromatic heterocycles. The average molecular weight is 236 g/mol. The minimum absolute atomic E-state index is 0.131. The molecule has 0 heterocycles. The van der Waals surface area contributed by atoms with Crippen LogP contribution in [0.1, 0.15) is 51.9 Å². The van der Waals surface area contributed by atoms with Gasteiger partial charge in [-0.15, -0.1) is 0 Å². The first kappa shape index (κ1) is 13.5. The monoisotopic (exact) mass is 236 g/mol. The number of ketones is 1. The summed E-state index contributed by atoms with van der Waals surface area (Å²) in [7, 11) is 0. The SMILES string of the molecule is CCCCC(=O)C1CCCCC1C(F)(F)F. The van der Waals surface area contributed by atoms with Crippen LogP contribution in [0.2, 0.25) is 0 Å². The molecule has 0 amide bonds. The largest absolute Gasteiger partial charge is 0.392 e. The predicted octanol–water partition coefficient (Wildman–Crippen LogP) is 4.11. The van der Waals surface area contributed by atoms with Gasteiger partial charge in [0.25, 0.3) is 0 Å². The second-order valence-corrected chi connectivity index (χ2v) is 4.61. The summed E-state index contributed by atoms with van der Waals surface area (Å²) in [5.74, 6) is -2.32. The fourth-order valence-electron chi connectivity index (χ4n) is 2.44. The number of rotatable bonds is 4. The van der Waals surface area contributed by atoms with Gasteiger partial charge < -0.3 is 0 Å². The maximum Gasteiger partial charge on any atom is 0.392 e. The van der Waals surface area contributed by atoms with Crippen molar-refractivity contribution in [2.45, 2.75) is 58.0 Å². The Morgan fingerprint density at radius 3 is 2.44 bits per heavy atom. The van der Waals surface area contributed by atoms with Crippen LogP contribution in [-0.4, -0.2) is 12.0 Å². The van der Waals surface area contributed by atoms with E-state index in [0.717, 1.165) is 12.8 Å². The molecule has 1 aliphatic rings. The maximum absolute atomic E-state index is 12.7. The topological polar surface area (TPSA) is 17.1 Å². The highest BCUT2D eigenvalue weighted by atomic mass is 19.4. The van der Waals surface area contributed by atoms with Crippen molar-refractivity contribution in [3.8, 4) is 0 Å². The number of Topliss-reactive ketones (excluding diaryl/α,β-unsaturated/α-hetero) is 1. The Hall–Kier alpha value is -0.540. The number of alkyl halides is 3. The van der Waals surface area contributed by atoms with Crippen molar-refractivity contribution in [1.29, 1.82) is 0 Å². The molecule has 1 nitrogen and oxygen atoms in total. The maximum atomic E-state index is 12.7. The van der Waals surface area contributed by atoms with Crippen LogP contribution in [0.5, 0.6) is 0 Å². The lowest BCUT2D eigenvalue weighted by molar-refractivity contribution is -0.197. The number of hydrogen-bond donors (Lipinski definition) is 0. The standard InChI is InChI=1S/C12H19F3O/c1-2-3-8-11(16)9-6-4-5-7-10(9)12(13,14)15/h9-10H,2-8H2,1H3. The summed E-state index contributed by atoms with van der Waals surface area (Å²) in [6, 6.07) is 0. The number of halogens is 3. The average Bonchev–Trinajstić information content (AvgIpc) is 2.24. The van der Waals surface area contributed by atoms with Gasteiger partial charge in [-0.3, -0.25) is 4.79 Å². The first-order chi connectivity index (χ1) is 7.46. The fraction of sp³-hybridized carbons (Fsp3) is 0.917.